The number of aryl methyl sites for hydroxylation is 1. The summed E-state index contributed by atoms with van der Waals surface area (Å²) < 4.78 is 40.9. The second kappa shape index (κ2) is 9.93. The average Bonchev–Trinajstić information content (AvgIpc) is 2.74. The van der Waals surface area contributed by atoms with Gasteiger partial charge in [-0.15, -0.1) is 0 Å². The Balaban J connectivity index is 1.71. The molecule has 0 heterocycles. The fourth-order valence-corrected chi connectivity index (χ4v) is 4.23. The van der Waals surface area contributed by atoms with Crippen molar-refractivity contribution < 1.29 is 17.6 Å². The van der Waals surface area contributed by atoms with E-state index in [0.29, 0.717) is 12.1 Å². The number of anilines is 1. The van der Waals surface area contributed by atoms with Crippen LogP contribution in [0.15, 0.2) is 71.6 Å². The number of nitrogens with zero attached hydrogens (tertiary/aromatic N) is 1. The van der Waals surface area contributed by atoms with Crippen molar-refractivity contribution in [1.29, 1.82) is 0 Å². The largest absolute Gasteiger partial charge is 0.348 e. The third-order valence-corrected chi connectivity index (χ3v) is 6.21. The van der Waals surface area contributed by atoms with Gasteiger partial charge in [0.25, 0.3) is 15.9 Å². The van der Waals surface area contributed by atoms with Crippen LogP contribution >= 0.6 is 0 Å². The molecule has 0 unspecified atom stereocenters. The van der Waals surface area contributed by atoms with E-state index in [1.54, 1.807) is 13.0 Å². The molecule has 8 heteroatoms. The molecule has 0 aromatic heterocycles. The smallest absolute Gasteiger partial charge is 0.261 e. The van der Waals surface area contributed by atoms with E-state index < -0.39 is 15.8 Å². The molecule has 1 amide bonds. The molecule has 6 nitrogen and oxygen atoms in total. The first-order valence-corrected chi connectivity index (χ1v) is 11.5. The van der Waals surface area contributed by atoms with Crippen molar-refractivity contribution in [2.24, 2.45) is 0 Å². The van der Waals surface area contributed by atoms with Gasteiger partial charge in [0.05, 0.1) is 4.90 Å². The van der Waals surface area contributed by atoms with Gasteiger partial charge in [-0.2, -0.15) is 0 Å². The molecular weight excluding hydrogens is 429 g/mol. The summed E-state index contributed by atoms with van der Waals surface area (Å²) in [7, 11) is 0.0627. The van der Waals surface area contributed by atoms with Crippen LogP contribution < -0.4 is 10.0 Å². The third-order valence-electron chi connectivity index (χ3n) is 4.84. The first-order valence-electron chi connectivity index (χ1n) is 10.0. The summed E-state index contributed by atoms with van der Waals surface area (Å²) in [5.74, 6) is -0.826. The summed E-state index contributed by atoms with van der Waals surface area (Å²) in [5.41, 5.74) is 3.28. The van der Waals surface area contributed by atoms with Crippen LogP contribution in [0.5, 0.6) is 0 Å². The highest BCUT2D eigenvalue weighted by atomic mass is 32.2. The normalized spacial score (nSPS) is 11.4. The van der Waals surface area contributed by atoms with Crippen LogP contribution in [0.4, 0.5) is 10.1 Å². The van der Waals surface area contributed by atoms with Gasteiger partial charge in [-0.05, 0) is 74.1 Å². The van der Waals surface area contributed by atoms with Crippen molar-refractivity contribution in [2.45, 2.75) is 24.9 Å². The van der Waals surface area contributed by atoms with Gasteiger partial charge in [0.2, 0.25) is 0 Å². The van der Waals surface area contributed by atoms with E-state index in [2.05, 4.69) is 14.9 Å². The Labute approximate surface area is 188 Å². The maximum atomic E-state index is 13.1. The average molecular weight is 456 g/mol. The first kappa shape index (κ1) is 23.4. The van der Waals surface area contributed by atoms with Gasteiger partial charge >= 0.3 is 0 Å². The van der Waals surface area contributed by atoms with Crippen LogP contribution in [0.1, 0.15) is 27.0 Å². The molecule has 0 saturated heterocycles. The Morgan fingerprint density at radius 2 is 1.56 bits per heavy atom. The number of rotatable bonds is 8. The zero-order chi connectivity index (χ0) is 23.3. The number of halogens is 1. The van der Waals surface area contributed by atoms with Crippen molar-refractivity contribution in [2.75, 3.05) is 18.8 Å². The standard InChI is InChI=1S/C24H26FN3O3S/c1-17-4-13-22(32(30,31)27-21-11-9-20(25)10-12-21)14-23(17)24(29)26-15-18-5-7-19(8-6-18)16-28(2)3/h4-14,27H,15-16H2,1-3H3,(H,26,29). The molecule has 0 radical (unpaired) electrons. The lowest BCUT2D eigenvalue weighted by molar-refractivity contribution is 0.0950. The molecule has 0 saturated carbocycles. The number of nitrogens with one attached hydrogen (secondary N) is 2. The minimum Gasteiger partial charge on any atom is -0.348 e. The van der Waals surface area contributed by atoms with E-state index in [1.807, 2.05) is 38.4 Å². The Hall–Kier alpha value is -3.23. The van der Waals surface area contributed by atoms with Crippen LogP contribution in [0.3, 0.4) is 0 Å². The van der Waals surface area contributed by atoms with Gasteiger partial charge in [0, 0.05) is 24.3 Å². The lowest BCUT2D eigenvalue weighted by atomic mass is 10.1. The maximum Gasteiger partial charge on any atom is 0.261 e. The Bertz CT molecular complexity index is 1190. The maximum absolute atomic E-state index is 13.1. The summed E-state index contributed by atoms with van der Waals surface area (Å²) in [6.45, 7) is 2.90. The second-order valence-corrected chi connectivity index (χ2v) is 9.51. The van der Waals surface area contributed by atoms with Crippen molar-refractivity contribution >= 4 is 21.6 Å². The highest BCUT2D eigenvalue weighted by Crippen LogP contribution is 2.20. The van der Waals surface area contributed by atoms with E-state index in [4.69, 9.17) is 0 Å². The highest BCUT2D eigenvalue weighted by molar-refractivity contribution is 7.92. The van der Waals surface area contributed by atoms with Crippen LogP contribution in [0, 0.1) is 12.7 Å². The third kappa shape index (κ3) is 6.15. The minimum absolute atomic E-state index is 0.0504. The second-order valence-electron chi connectivity index (χ2n) is 7.83. The zero-order valence-corrected chi connectivity index (χ0v) is 19.0. The van der Waals surface area contributed by atoms with E-state index in [1.165, 1.54) is 42.0 Å². The van der Waals surface area contributed by atoms with Gasteiger partial charge in [0.1, 0.15) is 5.82 Å². The molecule has 0 spiro atoms. The molecule has 0 bridgehead atoms. The molecule has 0 aliphatic carbocycles. The number of hydrogen-bond donors (Lipinski definition) is 2. The molecule has 0 aliphatic heterocycles. The summed E-state index contributed by atoms with van der Waals surface area (Å²) in [5, 5.41) is 2.84. The topological polar surface area (TPSA) is 78.5 Å². The van der Waals surface area contributed by atoms with Crippen LogP contribution in [-0.2, 0) is 23.1 Å². The molecule has 3 rings (SSSR count). The van der Waals surface area contributed by atoms with Crippen molar-refractivity contribution in [3.63, 3.8) is 0 Å². The number of carbonyl (C=O) groups excluding carboxylic acids is 1. The number of hydrogen-bond acceptors (Lipinski definition) is 4. The molecule has 3 aromatic rings. The summed E-state index contributed by atoms with van der Waals surface area (Å²) in [6.07, 6.45) is 0. The van der Waals surface area contributed by atoms with Crippen LogP contribution in [0.2, 0.25) is 0 Å². The van der Waals surface area contributed by atoms with Gasteiger partial charge in [-0.3, -0.25) is 9.52 Å². The lowest BCUT2D eigenvalue weighted by Gasteiger charge is -2.13. The molecule has 32 heavy (non-hydrogen) atoms. The zero-order valence-electron chi connectivity index (χ0n) is 18.2. The molecule has 0 atom stereocenters. The number of benzene rings is 3. The SMILES string of the molecule is Cc1ccc(S(=O)(=O)Nc2ccc(F)cc2)cc1C(=O)NCc1ccc(CN(C)C)cc1. The Morgan fingerprint density at radius 3 is 2.19 bits per heavy atom. The first-order chi connectivity index (χ1) is 15.1. The Morgan fingerprint density at radius 1 is 0.938 bits per heavy atom. The van der Waals surface area contributed by atoms with Crippen LogP contribution in [-0.4, -0.2) is 33.3 Å². The summed E-state index contributed by atoms with van der Waals surface area (Å²) in [6, 6.07) is 17.3. The fraction of sp³-hybridized carbons (Fsp3) is 0.208. The predicted octanol–water partition coefficient (Wildman–Crippen LogP) is 3.93. The molecule has 168 valence electrons. The van der Waals surface area contributed by atoms with Gasteiger partial charge < -0.3 is 10.2 Å². The molecule has 0 aliphatic rings. The van der Waals surface area contributed by atoms with Gasteiger partial charge in [-0.1, -0.05) is 30.3 Å². The van der Waals surface area contributed by atoms with E-state index in [-0.39, 0.29) is 22.1 Å². The summed E-state index contributed by atoms with van der Waals surface area (Å²) in [4.78, 5) is 14.8. The fourth-order valence-electron chi connectivity index (χ4n) is 3.15. The number of carbonyl (C=O) groups is 1. The quantitative estimate of drug-likeness (QED) is 0.540. The number of sulfonamides is 1. The van der Waals surface area contributed by atoms with Crippen molar-refractivity contribution in [3.8, 4) is 0 Å². The van der Waals surface area contributed by atoms with E-state index in [9.17, 15) is 17.6 Å². The van der Waals surface area contributed by atoms with Crippen LogP contribution in [0.25, 0.3) is 0 Å². The van der Waals surface area contributed by atoms with Gasteiger partial charge in [-0.25, -0.2) is 12.8 Å². The van der Waals surface area contributed by atoms with Crippen molar-refractivity contribution in [3.05, 3.63) is 94.8 Å². The van der Waals surface area contributed by atoms with Crippen molar-refractivity contribution in [1.82, 2.24) is 10.2 Å². The minimum atomic E-state index is -3.94. The van der Waals surface area contributed by atoms with E-state index >= 15 is 0 Å². The predicted molar refractivity (Wildman–Crippen MR) is 123 cm³/mol. The van der Waals surface area contributed by atoms with E-state index in [0.717, 1.165) is 12.1 Å². The number of amides is 1. The lowest BCUT2D eigenvalue weighted by Crippen LogP contribution is -2.24. The van der Waals surface area contributed by atoms with Gasteiger partial charge in [0.15, 0.2) is 0 Å². The molecule has 0 fully saturated rings. The molecular formula is C24H26FN3O3S. The molecule has 2 N–H and O–H groups in total. The molecule has 3 aromatic carbocycles. The Kier molecular flexibility index (Phi) is 7.27. The summed E-state index contributed by atoms with van der Waals surface area (Å²) >= 11 is 0. The monoisotopic (exact) mass is 455 g/mol. The highest BCUT2D eigenvalue weighted by Gasteiger charge is 2.18.